The van der Waals surface area contributed by atoms with Crippen molar-refractivity contribution >= 4 is 16.8 Å². The summed E-state index contributed by atoms with van der Waals surface area (Å²) in [6.07, 6.45) is -3.25. The molecular formula is C18H15ClF6O. The van der Waals surface area contributed by atoms with Gasteiger partial charge in [0.05, 0.1) is 11.1 Å². The normalized spacial score (nSPS) is 23.3. The molecular weight excluding hydrogens is 382 g/mol. The highest BCUT2D eigenvalue weighted by Crippen LogP contribution is 2.44. The first-order valence-electron chi connectivity index (χ1n) is 7.68. The first-order valence-corrected chi connectivity index (χ1v) is 8.06. The minimum atomic E-state index is -4.91. The number of hydrogen-bond donors (Lipinski definition) is 0. The van der Waals surface area contributed by atoms with E-state index in [4.69, 9.17) is 11.6 Å². The van der Waals surface area contributed by atoms with E-state index in [1.807, 2.05) is 0 Å². The average Bonchev–Trinajstić information content (AvgIpc) is 2.52. The van der Waals surface area contributed by atoms with Gasteiger partial charge in [0, 0.05) is 11.8 Å². The van der Waals surface area contributed by atoms with Gasteiger partial charge in [-0.2, -0.15) is 26.3 Å². The first-order chi connectivity index (χ1) is 11.8. The molecule has 8 heteroatoms. The fourth-order valence-electron chi connectivity index (χ4n) is 3.02. The van der Waals surface area contributed by atoms with Crippen molar-refractivity contribution in [3.63, 3.8) is 0 Å². The van der Waals surface area contributed by atoms with Crippen LogP contribution in [-0.4, -0.2) is 5.24 Å². The second-order valence-electron chi connectivity index (χ2n) is 6.32. The van der Waals surface area contributed by atoms with Gasteiger partial charge < -0.3 is 0 Å². The summed E-state index contributed by atoms with van der Waals surface area (Å²) in [5, 5.41) is -0.615. The van der Waals surface area contributed by atoms with E-state index in [-0.39, 0.29) is 24.5 Å². The van der Waals surface area contributed by atoms with Gasteiger partial charge in [-0.05, 0) is 47.7 Å². The predicted octanol–water partition coefficient (Wildman–Crippen LogP) is 6.27. The van der Waals surface area contributed by atoms with Gasteiger partial charge >= 0.3 is 12.4 Å². The van der Waals surface area contributed by atoms with Crippen LogP contribution in [0, 0.1) is 5.92 Å². The zero-order valence-electron chi connectivity index (χ0n) is 13.6. The Morgan fingerprint density at radius 2 is 1.58 bits per heavy atom. The monoisotopic (exact) mass is 396 g/mol. The first kappa shape index (κ1) is 20.6. The van der Waals surface area contributed by atoms with E-state index < -0.39 is 40.1 Å². The molecule has 0 radical (unpaired) electrons. The molecule has 2 rings (SSSR count). The third kappa shape index (κ3) is 4.50. The zero-order chi connectivity index (χ0) is 19.8. The van der Waals surface area contributed by atoms with Crippen LogP contribution in [0.4, 0.5) is 26.3 Å². The lowest BCUT2D eigenvalue weighted by molar-refractivity contribution is -0.143. The molecule has 0 saturated carbocycles. The van der Waals surface area contributed by atoms with Gasteiger partial charge in [0.25, 0.3) is 0 Å². The molecule has 1 nitrogen and oxygen atoms in total. The Balaban J connectivity index is 2.58. The maximum atomic E-state index is 13.1. The van der Waals surface area contributed by atoms with Crippen molar-refractivity contribution < 1.29 is 31.1 Å². The Hall–Kier alpha value is -1.76. The Labute approximate surface area is 151 Å². The third-order valence-corrected chi connectivity index (χ3v) is 4.72. The summed E-state index contributed by atoms with van der Waals surface area (Å²) < 4.78 is 78.7. The van der Waals surface area contributed by atoms with Crippen molar-refractivity contribution in [2.45, 2.75) is 37.5 Å². The number of halogens is 7. The molecule has 1 aromatic rings. The molecule has 0 N–H and O–H groups in total. The number of carbonyl (C=O) groups is 1. The topological polar surface area (TPSA) is 17.1 Å². The lowest BCUT2D eigenvalue weighted by Gasteiger charge is -2.36. The molecule has 2 unspecified atom stereocenters. The molecule has 0 heterocycles. The number of benzene rings is 1. The molecule has 1 aliphatic carbocycles. The van der Waals surface area contributed by atoms with E-state index in [1.54, 1.807) is 31.2 Å². The van der Waals surface area contributed by atoms with Crippen molar-refractivity contribution in [2.24, 2.45) is 5.92 Å². The Morgan fingerprint density at radius 1 is 1.04 bits per heavy atom. The van der Waals surface area contributed by atoms with Crippen LogP contribution in [0.15, 0.2) is 42.5 Å². The van der Waals surface area contributed by atoms with Gasteiger partial charge in [-0.25, -0.2) is 0 Å². The van der Waals surface area contributed by atoms with Gasteiger partial charge in [-0.1, -0.05) is 31.2 Å². The molecule has 0 fully saturated rings. The van der Waals surface area contributed by atoms with Crippen LogP contribution in [0.3, 0.4) is 0 Å². The van der Waals surface area contributed by atoms with Crippen LogP contribution in [0.5, 0.6) is 0 Å². The Morgan fingerprint density at radius 3 is 2.04 bits per heavy atom. The third-order valence-electron chi connectivity index (χ3n) is 4.53. The quantitative estimate of drug-likeness (QED) is 0.433. The highest BCUT2D eigenvalue weighted by Gasteiger charge is 2.41. The largest absolute Gasteiger partial charge is 0.416 e. The molecule has 0 saturated heterocycles. The molecule has 0 aromatic heterocycles. The fourth-order valence-corrected chi connectivity index (χ4v) is 3.13. The van der Waals surface area contributed by atoms with Crippen molar-refractivity contribution in [3.05, 3.63) is 59.2 Å². The molecule has 1 aromatic carbocycles. The molecule has 142 valence electrons. The van der Waals surface area contributed by atoms with Crippen LogP contribution >= 0.6 is 11.6 Å². The van der Waals surface area contributed by atoms with Gasteiger partial charge in [0.1, 0.15) is 0 Å². The van der Waals surface area contributed by atoms with Crippen LogP contribution in [0.2, 0.25) is 0 Å². The second kappa shape index (κ2) is 7.10. The molecule has 0 bridgehead atoms. The standard InChI is InChI=1S/C18H15ClF6O/c1-16(7-3-2-4-11(16)5-6-15(19)26)12-8-13(17(20,21)22)10-14(9-12)18(23,24)25/h2-4,7-11H,5-6H2,1H3. The zero-order valence-corrected chi connectivity index (χ0v) is 14.3. The second-order valence-corrected chi connectivity index (χ2v) is 6.74. The van der Waals surface area contributed by atoms with Crippen LogP contribution < -0.4 is 0 Å². The van der Waals surface area contributed by atoms with E-state index in [0.29, 0.717) is 0 Å². The summed E-state index contributed by atoms with van der Waals surface area (Å²) >= 11 is 5.33. The van der Waals surface area contributed by atoms with Gasteiger partial charge in [0.2, 0.25) is 5.24 Å². The van der Waals surface area contributed by atoms with E-state index in [0.717, 1.165) is 12.1 Å². The van der Waals surface area contributed by atoms with Crippen LogP contribution in [0.25, 0.3) is 0 Å². The van der Waals surface area contributed by atoms with Gasteiger partial charge in [-0.3, -0.25) is 4.79 Å². The summed E-state index contributed by atoms with van der Waals surface area (Å²) in [6, 6.07) is 1.56. The number of allylic oxidation sites excluding steroid dienone is 4. The predicted molar refractivity (Wildman–Crippen MR) is 85.7 cm³/mol. The van der Waals surface area contributed by atoms with Crippen molar-refractivity contribution in [1.29, 1.82) is 0 Å². The number of alkyl halides is 6. The molecule has 26 heavy (non-hydrogen) atoms. The Kier molecular flexibility index (Phi) is 5.61. The van der Waals surface area contributed by atoms with Gasteiger partial charge in [0.15, 0.2) is 0 Å². The summed E-state index contributed by atoms with van der Waals surface area (Å²) in [5.74, 6) is -0.472. The molecule has 0 amide bonds. The van der Waals surface area contributed by atoms with E-state index in [9.17, 15) is 31.1 Å². The molecule has 0 spiro atoms. The summed E-state index contributed by atoms with van der Waals surface area (Å²) in [6.45, 7) is 1.55. The van der Waals surface area contributed by atoms with Gasteiger partial charge in [-0.15, -0.1) is 0 Å². The maximum absolute atomic E-state index is 13.1. The SMILES string of the molecule is CC1(c2cc(C(F)(F)F)cc(C(F)(F)F)c2)C=CC=CC1CCC(=O)Cl. The highest BCUT2D eigenvalue weighted by atomic mass is 35.5. The Bertz CT molecular complexity index is 715. The van der Waals surface area contributed by atoms with E-state index >= 15 is 0 Å². The molecule has 0 aliphatic heterocycles. The lowest BCUT2D eigenvalue weighted by Crippen LogP contribution is -2.31. The van der Waals surface area contributed by atoms with Crippen molar-refractivity contribution in [2.75, 3.05) is 0 Å². The van der Waals surface area contributed by atoms with E-state index in [1.165, 1.54) is 0 Å². The maximum Gasteiger partial charge on any atom is 0.416 e. The fraction of sp³-hybridized carbons (Fsp3) is 0.389. The number of hydrogen-bond acceptors (Lipinski definition) is 1. The molecule has 1 aliphatic rings. The van der Waals surface area contributed by atoms with Crippen molar-refractivity contribution in [1.82, 2.24) is 0 Å². The van der Waals surface area contributed by atoms with Crippen LogP contribution in [0.1, 0.15) is 36.5 Å². The lowest BCUT2D eigenvalue weighted by atomic mass is 9.67. The minimum absolute atomic E-state index is 0.0366. The average molecular weight is 397 g/mol. The smallest absolute Gasteiger partial charge is 0.281 e. The summed E-state index contributed by atoms with van der Waals surface area (Å²) in [7, 11) is 0. The number of carbonyl (C=O) groups excluding carboxylic acids is 1. The number of rotatable bonds is 4. The molecule has 2 atom stereocenters. The minimum Gasteiger partial charge on any atom is -0.281 e. The van der Waals surface area contributed by atoms with Crippen LogP contribution in [-0.2, 0) is 22.6 Å². The summed E-state index contributed by atoms with van der Waals surface area (Å²) in [5.41, 5.74) is -3.98. The van der Waals surface area contributed by atoms with E-state index in [2.05, 4.69) is 0 Å². The van der Waals surface area contributed by atoms with Crippen molar-refractivity contribution in [3.8, 4) is 0 Å². The summed E-state index contributed by atoms with van der Waals surface area (Å²) in [4.78, 5) is 11.0. The highest BCUT2D eigenvalue weighted by molar-refractivity contribution is 6.63.